The molecule has 3 nitrogen and oxygen atoms in total. The predicted octanol–water partition coefficient (Wildman–Crippen LogP) is 4.32. The molecule has 1 atom stereocenters. The summed E-state index contributed by atoms with van der Waals surface area (Å²) in [4.78, 5) is 13.9. The Hall–Kier alpha value is -1.51. The third kappa shape index (κ3) is 4.76. The van der Waals surface area contributed by atoms with Crippen LogP contribution in [0.4, 0.5) is 4.79 Å². The second-order valence-electron chi connectivity index (χ2n) is 7.01. The van der Waals surface area contributed by atoms with Crippen molar-refractivity contribution < 1.29 is 9.53 Å². The number of carbonyl (C=O) groups is 1. The van der Waals surface area contributed by atoms with Gasteiger partial charge in [-0.25, -0.2) is 4.79 Å². The van der Waals surface area contributed by atoms with Crippen LogP contribution in [0.1, 0.15) is 40.5 Å². The number of hydrogen-bond donors (Lipinski definition) is 0. The van der Waals surface area contributed by atoms with Crippen LogP contribution in [0, 0.1) is 11.8 Å². The number of carbonyl (C=O) groups excluding carboxylic acids is 1. The maximum Gasteiger partial charge on any atom is 0.410 e. The van der Waals surface area contributed by atoms with Gasteiger partial charge < -0.3 is 9.64 Å². The van der Waals surface area contributed by atoms with Gasteiger partial charge in [-0.3, -0.25) is 0 Å². The molecule has 0 radical (unpaired) electrons. The maximum atomic E-state index is 12.1. The highest BCUT2D eigenvalue weighted by atomic mass is 16.6. The van der Waals surface area contributed by atoms with Crippen LogP contribution in [-0.2, 0) is 4.74 Å². The van der Waals surface area contributed by atoms with E-state index in [-0.39, 0.29) is 6.09 Å². The predicted molar refractivity (Wildman–Crippen MR) is 86.1 cm³/mol. The zero-order valence-corrected chi connectivity index (χ0v) is 13.6. The molecular weight excluding hydrogens is 262 g/mol. The molecule has 0 saturated carbocycles. The molecule has 1 heterocycles. The van der Waals surface area contributed by atoms with E-state index in [0.717, 1.165) is 25.9 Å². The Labute approximate surface area is 128 Å². The summed E-state index contributed by atoms with van der Waals surface area (Å²) < 4.78 is 5.44. The zero-order chi connectivity index (χ0) is 15.5. The lowest BCUT2D eigenvalue weighted by Crippen LogP contribution is -2.41. The second-order valence-corrected chi connectivity index (χ2v) is 7.01. The number of hydrogen-bond acceptors (Lipinski definition) is 2. The summed E-state index contributed by atoms with van der Waals surface area (Å²) in [5.41, 5.74) is 0.998. The normalized spacial score (nSPS) is 23.7. The van der Waals surface area contributed by atoms with Crippen molar-refractivity contribution in [3.8, 4) is 0 Å². The van der Waals surface area contributed by atoms with Crippen molar-refractivity contribution in [2.75, 3.05) is 13.1 Å². The largest absolute Gasteiger partial charge is 0.444 e. The first-order valence-corrected chi connectivity index (χ1v) is 7.89. The van der Waals surface area contributed by atoms with Crippen molar-refractivity contribution in [1.29, 1.82) is 0 Å². The van der Waals surface area contributed by atoms with Crippen LogP contribution in [-0.4, -0.2) is 29.7 Å². The van der Waals surface area contributed by atoms with Gasteiger partial charge in [0.1, 0.15) is 5.60 Å². The minimum Gasteiger partial charge on any atom is -0.444 e. The van der Waals surface area contributed by atoms with Gasteiger partial charge in [-0.05, 0) is 51.0 Å². The quantitative estimate of drug-likeness (QED) is 0.719. The first-order chi connectivity index (χ1) is 9.85. The highest BCUT2D eigenvalue weighted by molar-refractivity contribution is 5.68. The smallest absolute Gasteiger partial charge is 0.410 e. The monoisotopic (exact) mass is 289 g/mol. The van der Waals surface area contributed by atoms with E-state index in [2.05, 4.69) is 37.3 Å². The lowest BCUT2D eigenvalue weighted by Gasteiger charge is -2.34. The van der Waals surface area contributed by atoms with Crippen LogP contribution in [0.5, 0.6) is 0 Å². The molecule has 0 spiro atoms. The van der Waals surface area contributed by atoms with Crippen LogP contribution in [0.3, 0.4) is 0 Å². The van der Waals surface area contributed by atoms with Crippen LogP contribution < -0.4 is 0 Å². The van der Waals surface area contributed by atoms with Crippen molar-refractivity contribution in [3.63, 3.8) is 0 Å². The summed E-state index contributed by atoms with van der Waals surface area (Å²) >= 11 is 0. The Morgan fingerprint density at radius 2 is 1.90 bits per heavy atom. The number of nitrogens with zero attached hydrogens (tertiary/aromatic N) is 1. The Bertz CT molecular complexity index is 460. The number of likely N-dealkylation sites (tertiary alicyclic amines) is 1. The molecule has 1 aliphatic carbocycles. The molecule has 0 bridgehead atoms. The molecular formula is C18H27NO2. The Kier molecular flexibility index (Phi) is 4.92. The first-order valence-electron chi connectivity index (χ1n) is 7.89. The molecule has 2 aliphatic rings. The zero-order valence-electron chi connectivity index (χ0n) is 13.6. The lowest BCUT2D eigenvalue weighted by atomic mass is 9.87. The van der Waals surface area contributed by atoms with Crippen molar-refractivity contribution in [2.24, 2.45) is 11.8 Å². The highest BCUT2D eigenvalue weighted by Gasteiger charge is 2.27. The number of piperidine rings is 1. The average Bonchev–Trinajstić information content (AvgIpc) is 2.62. The molecule has 1 amide bonds. The van der Waals surface area contributed by atoms with Gasteiger partial charge in [0.15, 0.2) is 0 Å². The van der Waals surface area contributed by atoms with Crippen LogP contribution in [0.15, 0.2) is 36.0 Å². The van der Waals surface area contributed by atoms with E-state index in [4.69, 9.17) is 4.74 Å². The SMILES string of the molecule is CC1C=CC=CC(C2CCN(C(=O)OC(C)(C)C)CC2)=C1. The summed E-state index contributed by atoms with van der Waals surface area (Å²) in [6.45, 7) is 9.51. The molecule has 116 valence electrons. The summed E-state index contributed by atoms with van der Waals surface area (Å²) in [5, 5.41) is 0. The van der Waals surface area contributed by atoms with E-state index in [9.17, 15) is 4.79 Å². The van der Waals surface area contributed by atoms with E-state index in [1.165, 1.54) is 5.57 Å². The molecule has 1 unspecified atom stereocenters. The van der Waals surface area contributed by atoms with Gasteiger partial charge in [0, 0.05) is 13.1 Å². The molecule has 0 N–H and O–H groups in total. The van der Waals surface area contributed by atoms with Gasteiger partial charge in [0.05, 0.1) is 0 Å². The fourth-order valence-corrected chi connectivity index (χ4v) is 2.81. The summed E-state index contributed by atoms with van der Waals surface area (Å²) in [7, 11) is 0. The number of allylic oxidation sites excluding steroid dienone is 6. The average molecular weight is 289 g/mol. The van der Waals surface area contributed by atoms with Crippen molar-refractivity contribution in [1.82, 2.24) is 4.90 Å². The van der Waals surface area contributed by atoms with Gasteiger partial charge in [-0.15, -0.1) is 0 Å². The molecule has 3 heteroatoms. The maximum absolute atomic E-state index is 12.1. The van der Waals surface area contributed by atoms with Crippen molar-refractivity contribution in [3.05, 3.63) is 36.0 Å². The summed E-state index contributed by atoms with van der Waals surface area (Å²) in [6.07, 6.45) is 12.9. The topological polar surface area (TPSA) is 29.5 Å². The Morgan fingerprint density at radius 1 is 1.24 bits per heavy atom. The van der Waals surface area contributed by atoms with E-state index < -0.39 is 5.60 Å². The van der Waals surface area contributed by atoms with Crippen LogP contribution >= 0.6 is 0 Å². The third-order valence-corrected chi connectivity index (χ3v) is 3.89. The number of ether oxygens (including phenoxy) is 1. The molecule has 0 aromatic carbocycles. The molecule has 1 aliphatic heterocycles. The van der Waals surface area contributed by atoms with Gasteiger partial charge in [0.25, 0.3) is 0 Å². The highest BCUT2D eigenvalue weighted by Crippen LogP contribution is 2.28. The first kappa shape index (κ1) is 15.9. The van der Waals surface area contributed by atoms with E-state index >= 15 is 0 Å². The molecule has 21 heavy (non-hydrogen) atoms. The second kappa shape index (κ2) is 6.50. The fourth-order valence-electron chi connectivity index (χ4n) is 2.81. The standard InChI is InChI=1S/C18H27NO2/c1-14-7-5-6-8-16(13-14)15-9-11-19(12-10-15)17(20)21-18(2,3)4/h5-8,13-15H,9-12H2,1-4H3. The Morgan fingerprint density at radius 3 is 2.52 bits per heavy atom. The van der Waals surface area contributed by atoms with Gasteiger partial charge in [-0.2, -0.15) is 0 Å². The van der Waals surface area contributed by atoms with E-state index in [0.29, 0.717) is 11.8 Å². The fraction of sp³-hybridized carbons (Fsp3) is 0.611. The van der Waals surface area contributed by atoms with E-state index in [1.807, 2.05) is 25.7 Å². The van der Waals surface area contributed by atoms with E-state index in [1.54, 1.807) is 0 Å². The Balaban J connectivity index is 1.90. The minimum absolute atomic E-state index is 0.179. The lowest BCUT2D eigenvalue weighted by molar-refractivity contribution is 0.0195. The van der Waals surface area contributed by atoms with Crippen LogP contribution in [0.25, 0.3) is 0 Å². The van der Waals surface area contributed by atoms with Gasteiger partial charge in [0.2, 0.25) is 0 Å². The van der Waals surface area contributed by atoms with Crippen LogP contribution in [0.2, 0.25) is 0 Å². The summed E-state index contributed by atoms with van der Waals surface area (Å²) in [5.74, 6) is 1.04. The molecule has 2 rings (SSSR count). The van der Waals surface area contributed by atoms with Crippen molar-refractivity contribution >= 4 is 6.09 Å². The van der Waals surface area contributed by atoms with Gasteiger partial charge >= 0.3 is 6.09 Å². The molecule has 1 fully saturated rings. The molecule has 0 aromatic heterocycles. The number of amides is 1. The molecule has 0 aromatic rings. The minimum atomic E-state index is -0.415. The van der Waals surface area contributed by atoms with Crippen molar-refractivity contribution in [2.45, 2.75) is 46.1 Å². The molecule has 1 saturated heterocycles. The van der Waals surface area contributed by atoms with Gasteiger partial charge in [-0.1, -0.05) is 37.3 Å². The summed E-state index contributed by atoms with van der Waals surface area (Å²) in [6, 6.07) is 0. The third-order valence-electron chi connectivity index (χ3n) is 3.89. The number of rotatable bonds is 1.